The van der Waals surface area contributed by atoms with Crippen LogP contribution in [0.25, 0.3) is 11.3 Å². The van der Waals surface area contributed by atoms with Crippen LogP contribution in [0.3, 0.4) is 0 Å². The van der Waals surface area contributed by atoms with Crippen molar-refractivity contribution in [2.45, 2.75) is 6.92 Å². The minimum Gasteiger partial charge on any atom is -0.424 e. The molecule has 0 aliphatic rings. The summed E-state index contributed by atoms with van der Waals surface area (Å²) in [6.45, 7) is 1.92. The molecule has 0 amide bonds. The van der Waals surface area contributed by atoms with E-state index in [1.807, 2.05) is 19.1 Å². The number of nitrogens with zero attached hydrogens (tertiary/aromatic N) is 2. The van der Waals surface area contributed by atoms with Crippen LogP contribution in [0, 0.1) is 6.92 Å². The number of hydrogen-bond acceptors (Lipinski definition) is 4. The molecule has 0 saturated carbocycles. The Morgan fingerprint density at radius 1 is 1.38 bits per heavy atom. The number of nitrogens with two attached hydrogens (primary N) is 1. The Morgan fingerprint density at radius 2 is 2.23 bits per heavy atom. The fraction of sp³-hybridized carbons (Fsp3) is 0.111. The van der Waals surface area contributed by atoms with Gasteiger partial charge in [-0.15, -0.1) is 0 Å². The van der Waals surface area contributed by atoms with Gasteiger partial charge in [0.2, 0.25) is 0 Å². The Kier molecular flexibility index (Phi) is 1.73. The summed E-state index contributed by atoms with van der Waals surface area (Å²) in [6.07, 6.45) is 3.33. The lowest BCUT2D eigenvalue weighted by Crippen LogP contribution is -1.81. The Labute approximate surface area is 75.4 Å². The SMILES string of the molecule is Cc1cc(-c2cnc(N)o2)ccn1. The summed E-state index contributed by atoms with van der Waals surface area (Å²) in [5.74, 6) is 0.669. The van der Waals surface area contributed by atoms with Gasteiger partial charge in [-0.1, -0.05) is 0 Å². The third-order valence-corrected chi connectivity index (χ3v) is 1.70. The summed E-state index contributed by atoms with van der Waals surface area (Å²) >= 11 is 0. The van der Waals surface area contributed by atoms with E-state index in [0.717, 1.165) is 11.3 Å². The molecule has 0 radical (unpaired) electrons. The molecule has 0 bridgehead atoms. The number of anilines is 1. The zero-order valence-electron chi connectivity index (χ0n) is 7.19. The maximum Gasteiger partial charge on any atom is 0.292 e. The molecular weight excluding hydrogens is 166 g/mol. The van der Waals surface area contributed by atoms with Gasteiger partial charge in [-0.05, 0) is 19.1 Å². The summed E-state index contributed by atoms with van der Waals surface area (Å²) in [7, 11) is 0. The minimum atomic E-state index is 0.185. The highest BCUT2D eigenvalue weighted by Gasteiger charge is 2.03. The van der Waals surface area contributed by atoms with E-state index in [-0.39, 0.29) is 6.01 Å². The second-order valence-electron chi connectivity index (χ2n) is 2.75. The van der Waals surface area contributed by atoms with Crippen molar-refractivity contribution in [3.05, 3.63) is 30.2 Å². The van der Waals surface area contributed by atoms with Crippen molar-refractivity contribution < 1.29 is 4.42 Å². The monoisotopic (exact) mass is 175 g/mol. The van der Waals surface area contributed by atoms with Crippen LogP contribution < -0.4 is 5.73 Å². The fourth-order valence-corrected chi connectivity index (χ4v) is 1.12. The molecule has 2 aromatic rings. The third-order valence-electron chi connectivity index (χ3n) is 1.70. The summed E-state index contributed by atoms with van der Waals surface area (Å²) in [6, 6.07) is 3.96. The Morgan fingerprint density at radius 3 is 2.85 bits per heavy atom. The number of hydrogen-bond donors (Lipinski definition) is 1. The predicted octanol–water partition coefficient (Wildman–Crippen LogP) is 1.63. The zero-order chi connectivity index (χ0) is 9.26. The molecule has 0 saturated heterocycles. The van der Waals surface area contributed by atoms with Crippen molar-refractivity contribution in [2.24, 2.45) is 0 Å². The second kappa shape index (κ2) is 2.90. The Hall–Kier alpha value is -1.84. The molecule has 2 aromatic heterocycles. The lowest BCUT2D eigenvalue weighted by atomic mass is 10.2. The normalized spacial score (nSPS) is 10.2. The first kappa shape index (κ1) is 7.79. The molecule has 4 nitrogen and oxygen atoms in total. The lowest BCUT2D eigenvalue weighted by molar-refractivity contribution is 0.594. The standard InChI is InChI=1S/C9H9N3O/c1-6-4-7(2-3-11-6)8-5-12-9(10)13-8/h2-5H,1H3,(H2,10,12). The van der Waals surface area contributed by atoms with Crippen LogP contribution >= 0.6 is 0 Å². The molecule has 0 unspecified atom stereocenters. The highest BCUT2D eigenvalue weighted by Crippen LogP contribution is 2.20. The molecule has 4 heteroatoms. The molecule has 0 aromatic carbocycles. The lowest BCUT2D eigenvalue weighted by Gasteiger charge is -1.95. The molecule has 0 aliphatic heterocycles. The van der Waals surface area contributed by atoms with Gasteiger partial charge < -0.3 is 10.2 Å². The molecule has 66 valence electrons. The van der Waals surface area contributed by atoms with Gasteiger partial charge in [0, 0.05) is 17.5 Å². The number of aromatic nitrogens is 2. The van der Waals surface area contributed by atoms with E-state index in [0.29, 0.717) is 5.76 Å². The van der Waals surface area contributed by atoms with Gasteiger partial charge in [0.15, 0.2) is 5.76 Å². The topological polar surface area (TPSA) is 64.9 Å². The number of nitrogen functional groups attached to an aromatic ring is 1. The van der Waals surface area contributed by atoms with Crippen LogP contribution in [0.1, 0.15) is 5.69 Å². The molecular formula is C9H9N3O. The Bertz CT molecular complexity index is 422. The van der Waals surface area contributed by atoms with Crippen LogP contribution in [-0.4, -0.2) is 9.97 Å². The highest BCUT2D eigenvalue weighted by molar-refractivity contribution is 5.56. The van der Waals surface area contributed by atoms with E-state index in [2.05, 4.69) is 9.97 Å². The summed E-state index contributed by atoms with van der Waals surface area (Å²) < 4.78 is 5.16. The van der Waals surface area contributed by atoms with Crippen molar-refractivity contribution in [2.75, 3.05) is 5.73 Å². The van der Waals surface area contributed by atoms with Crippen molar-refractivity contribution in [3.8, 4) is 11.3 Å². The second-order valence-corrected chi connectivity index (χ2v) is 2.75. The average Bonchev–Trinajstić information content (AvgIpc) is 2.52. The summed E-state index contributed by atoms with van der Waals surface area (Å²) in [4.78, 5) is 7.89. The van der Waals surface area contributed by atoms with Gasteiger partial charge >= 0.3 is 0 Å². The first-order valence-corrected chi connectivity index (χ1v) is 3.90. The van der Waals surface area contributed by atoms with E-state index < -0.39 is 0 Å². The molecule has 2 rings (SSSR count). The molecule has 2 N–H and O–H groups in total. The maximum absolute atomic E-state index is 5.36. The maximum atomic E-state index is 5.36. The first-order valence-electron chi connectivity index (χ1n) is 3.90. The van der Waals surface area contributed by atoms with Crippen LogP contribution in [0.15, 0.2) is 28.9 Å². The third kappa shape index (κ3) is 1.51. The van der Waals surface area contributed by atoms with Gasteiger partial charge in [-0.3, -0.25) is 4.98 Å². The number of rotatable bonds is 1. The molecule has 0 atom stereocenters. The highest BCUT2D eigenvalue weighted by atomic mass is 16.4. The van der Waals surface area contributed by atoms with Gasteiger partial charge in [0.05, 0.1) is 6.20 Å². The number of aryl methyl sites for hydroxylation is 1. The molecule has 0 aliphatic carbocycles. The fourth-order valence-electron chi connectivity index (χ4n) is 1.12. The van der Waals surface area contributed by atoms with Gasteiger partial charge in [-0.2, -0.15) is 0 Å². The molecule has 13 heavy (non-hydrogen) atoms. The van der Waals surface area contributed by atoms with Gasteiger partial charge in [0.1, 0.15) is 0 Å². The van der Waals surface area contributed by atoms with Gasteiger partial charge in [0.25, 0.3) is 6.01 Å². The van der Waals surface area contributed by atoms with Crippen LogP contribution in [0.4, 0.5) is 6.01 Å². The van der Waals surface area contributed by atoms with E-state index in [1.54, 1.807) is 12.4 Å². The zero-order valence-corrected chi connectivity index (χ0v) is 7.19. The van der Waals surface area contributed by atoms with Crippen molar-refractivity contribution in [3.63, 3.8) is 0 Å². The first-order chi connectivity index (χ1) is 6.25. The summed E-state index contributed by atoms with van der Waals surface area (Å²) in [5.41, 5.74) is 7.24. The van der Waals surface area contributed by atoms with Crippen LogP contribution in [-0.2, 0) is 0 Å². The van der Waals surface area contributed by atoms with Crippen LogP contribution in [0.2, 0.25) is 0 Å². The number of pyridine rings is 1. The average molecular weight is 175 g/mol. The molecule has 0 spiro atoms. The predicted molar refractivity (Wildman–Crippen MR) is 48.9 cm³/mol. The number of oxazole rings is 1. The van der Waals surface area contributed by atoms with E-state index in [1.165, 1.54) is 0 Å². The van der Waals surface area contributed by atoms with Gasteiger partial charge in [-0.25, -0.2) is 4.98 Å². The van der Waals surface area contributed by atoms with Crippen molar-refractivity contribution >= 4 is 6.01 Å². The van der Waals surface area contributed by atoms with Crippen molar-refractivity contribution in [1.29, 1.82) is 0 Å². The molecule has 0 fully saturated rings. The summed E-state index contributed by atoms with van der Waals surface area (Å²) in [5, 5.41) is 0. The van der Waals surface area contributed by atoms with E-state index in [9.17, 15) is 0 Å². The quantitative estimate of drug-likeness (QED) is 0.715. The van der Waals surface area contributed by atoms with Crippen molar-refractivity contribution in [1.82, 2.24) is 9.97 Å². The van der Waals surface area contributed by atoms with E-state index in [4.69, 9.17) is 10.2 Å². The minimum absolute atomic E-state index is 0.185. The van der Waals surface area contributed by atoms with Crippen LogP contribution in [0.5, 0.6) is 0 Å². The smallest absolute Gasteiger partial charge is 0.292 e. The Balaban J connectivity index is 2.46. The largest absolute Gasteiger partial charge is 0.424 e. The molecule has 2 heterocycles. The van der Waals surface area contributed by atoms with E-state index >= 15 is 0 Å².